The predicted molar refractivity (Wildman–Crippen MR) is 54.4 cm³/mol. The fourth-order valence-corrected chi connectivity index (χ4v) is 1.37. The van der Waals surface area contributed by atoms with E-state index >= 15 is 0 Å². The molecule has 76 valence electrons. The number of benzene rings is 1. The van der Waals surface area contributed by atoms with Gasteiger partial charge in [0.15, 0.2) is 0 Å². The van der Waals surface area contributed by atoms with Crippen LogP contribution in [0, 0.1) is 0 Å². The highest BCUT2D eigenvalue weighted by Gasteiger charge is 2.03. The molecular weight excluding hydrogens is 194 g/mol. The van der Waals surface area contributed by atoms with Crippen LogP contribution in [0.2, 0.25) is 0 Å². The van der Waals surface area contributed by atoms with Crippen molar-refractivity contribution in [3.8, 4) is 0 Å². The first-order valence-corrected chi connectivity index (χ1v) is 4.43. The van der Waals surface area contributed by atoms with Crippen molar-refractivity contribution in [1.82, 2.24) is 15.3 Å². The molecule has 0 fully saturated rings. The SMILES string of the molecule is O=C(O)NCc1cccc2nccnc12. The van der Waals surface area contributed by atoms with Gasteiger partial charge in [-0.2, -0.15) is 0 Å². The smallest absolute Gasteiger partial charge is 0.404 e. The number of para-hydroxylation sites is 1. The second-order valence-corrected chi connectivity index (χ2v) is 3.00. The van der Waals surface area contributed by atoms with Crippen LogP contribution in [0.3, 0.4) is 0 Å². The van der Waals surface area contributed by atoms with Crippen molar-refractivity contribution in [2.45, 2.75) is 6.54 Å². The van der Waals surface area contributed by atoms with Gasteiger partial charge in [0, 0.05) is 18.9 Å². The maximum atomic E-state index is 10.4. The zero-order valence-electron chi connectivity index (χ0n) is 7.84. The average molecular weight is 203 g/mol. The second-order valence-electron chi connectivity index (χ2n) is 3.00. The molecule has 1 amide bonds. The largest absolute Gasteiger partial charge is 0.465 e. The number of hydrogen-bond donors (Lipinski definition) is 2. The van der Waals surface area contributed by atoms with E-state index in [1.165, 1.54) is 0 Å². The third-order valence-electron chi connectivity index (χ3n) is 2.01. The summed E-state index contributed by atoms with van der Waals surface area (Å²) in [6, 6.07) is 5.50. The lowest BCUT2D eigenvalue weighted by Gasteiger charge is -2.04. The lowest BCUT2D eigenvalue weighted by atomic mass is 10.2. The van der Waals surface area contributed by atoms with E-state index in [0.717, 1.165) is 16.6 Å². The van der Waals surface area contributed by atoms with Gasteiger partial charge in [-0.3, -0.25) is 9.97 Å². The molecule has 1 aromatic carbocycles. The number of nitrogens with zero attached hydrogens (tertiary/aromatic N) is 2. The lowest BCUT2D eigenvalue weighted by molar-refractivity contribution is 0.194. The van der Waals surface area contributed by atoms with Gasteiger partial charge in [0.1, 0.15) is 0 Å². The minimum atomic E-state index is -1.05. The van der Waals surface area contributed by atoms with Crippen LogP contribution in [0.5, 0.6) is 0 Å². The van der Waals surface area contributed by atoms with Gasteiger partial charge in [-0.1, -0.05) is 12.1 Å². The van der Waals surface area contributed by atoms with E-state index in [-0.39, 0.29) is 6.54 Å². The monoisotopic (exact) mass is 203 g/mol. The second kappa shape index (κ2) is 3.91. The van der Waals surface area contributed by atoms with Crippen LogP contribution < -0.4 is 5.32 Å². The number of fused-ring (bicyclic) bond motifs is 1. The molecule has 5 heteroatoms. The summed E-state index contributed by atoms with van der Waals surface area (Å²) in [5.41, 5.74) is 2.32. The molecular formula is C10H9N3O2. The maximum Gasteiger partial charge on any atom is 0.404 e. The maximum absolute atomic E-state index is 10.4. The molecule has 2 rings (SSSR count). The van der Waals surface area contributed by atoms with Crippen LogP contribution in [0.1, 0.15) is 5.56 Å². The number of nitrogens with one attached hydrogen (secondary N) is 1. The molecule has 0 spiro atoms. The van der Waals surface area contributed by atoms with Gasteiger partial charge in [-0.25, -0.2) is 4.79 Å². The van der Waals surface area contributed by atoms with E-state index in [0.29, 0.717) is 0 Å². The lowest BCUT2D eigenvalue weighted by Crippen LogP contribution is -2.20. The molecule has 15 heavy (non-hydrogen) atoms. The number of aromatic nitrogens is 2. The third-order valence-corrected chi connectivity index (χ3v) is 2.01. The Kier molecular flexibility index (Phi) is 2.45. The molecule has 0 bridgehead atoms. The van der Waals surface area contributed by atoms with E-state index in [2.05, 4.69) is 15.3 Å². The number of hydrogen-bond acceptors (Lipinski definition) is 3. The Morgan fingerprint density at radius 1 is 1.33 bits per heavy atom. The summed E-state index contributed by atoms with van der Waals surface area (Å²) in [4.78, 5) is 18.7. The molecule has 1 aromatic heterocycles. The zero-order chi connectivity index (χ0) is 10.7. The highest BCUT2D eigenvalue weighted by Crippen LogP contribution is 2.13. The van der Waals surface area contributed by atoms with Gasteiger partial charge in [-0.15, -0.1) is 0 Å². The van der Waals surface area contributed by atoms with Gasteiger partial charge in [0.25, 0.3) is 0 Å². The summed E-state index contributed by atoms with van der Waals surface area (Å²) in [6.07, 6.45) is 2.15. The van der Waals surface area contributed by atoms with Crippen molar-refractivity contribution in [3.63, 3.8) is 0 Å². The van der Waals surface area contributed by atoms with Crippen LogP contribution in [0.15, 0.2) is 30.6 Å². The summed E-state index contributed by atoms with van der Waals surface area (Å²) in [5.74, 6) is 0. The standard InChI is InChI=1S/C10H9N3O2/c14-10(15)13-6-7-2-1-3-8-9(7)12-5-4-11-8/h1-5,13H,6H2,(H,14,15). The van der Waals surface area contributed by atoms with Crippen LogP contribution in [-0.2, 0) is 6.54 Å². The van der Waals surface area contributed by atoms with Crippen molar-refractivity contribution in [1.29, 1.82) is 0 Å². The molecule has 0 saturated heterocycles. The molecule has 0 unspecified atom stereocenters. The van der Waals surface area contributed by atoms with Gasteiger partial charge in [-0.05, 0) is 11.6 Å². The van der Waals surface area contributed by atoms with Crippen LogP contribution >= 0.6 is 0 Å². The van der Waals surface area contributed by atoms with E-state index in [4.69, 9.17) is 5.11 Å². The summed E-state index contributed by atoms with van der Waals surface area (Å²) >= 11 is 0. The molecule has 2 N–H and O–H groups in total. The Balaban J connectivity index is 2.38. The third kappa shape index (κ3) is 2.01. The summed E-state index contributed by atoms with van der Waals surface area (Å²) in [7, 11) is 0. The molecule has 0 aliphatic heterocycles. The minimum Gasteiger partial charge on any atom is -0.465 e. The normalized spacial score (nSPS) is 10.1. The van der Waals surface area contributed by atoms with Gasteiger partial charge < -0.3 is 10.4 Å². The quantitative estimate of drug-likeness (QED) is 0.773. The molecule has 0 radical (unpaired) electrons. The Labute approximate surface area is 85.8 Å². The fraction of sp³-hybridized carbons (Fsp3) is 0.100. The summed E-state index contributed by atoms with van der Waals surface area (Å²) in [5, 5.41) is 10.8. The molecule has 0 saturated carbocycles. The molecule has 0 aliphatic rings. The average Bonchev–Trinajstić information content (AvgIpc) is 2.26. The Morgan fingerprint density at radius 2 is 2.13 bits per heavy atom. The summed E-state index contributed by atoms with van der Waals surface area (Å²) < 4.78 is 0. The van der Waals surface area contributed by atoms with E-state index in [1.54, 1.807) is 12.4 Å². The minimum absolute atomic E-state index is 0.241. The first kappa shape index (κ1) is 9.39. The number of carboxylic acid groups (broad SMARTS) is 1. The van der Waals surface area contributed by atoms with E-state index in [9.17, 15) is 4.79 Å². The van der Waals surface area contributed by atoms with Crippen LogP contribution in [0.4, 0.5) is 4.79 Å². The van der Waals surface area contributed by atoms with Gasteiger partial charge in [0.05, 0.1) is 11.0 Å². The molecule has 2 aromatic rings. The highest BCUT2D eigenvalue weighted by molar-refractivity contribution is 5.78. The Morgan fingerprint density at radius 3 is 2.93 bits per heavy atom. The van der Waals surface area contributed by atoms with Gasteiger partial charge in [0.2, 0.25) is 0 Å². The predicted octanol–water partition coefficient (Wildman–Crippen LogP) is 1.40. The molecule has 5 nitrogen and oxygen atoms in total. The van der Waals surface area contributed by atoms with Crippen molar-refractivity contribution >= 4 is 17.1 Å². The van der Waals surface area contributed by atoms with Crippen molar-refractivity contribution in [2.24, 2.45) is 0 Å². The highest BCUT2D eigenvalue weighted by atomic mass is 16.4. The Hall–Kier alpha value is -2.17. The van der Waals surface area contributed by atoms with Crippen molar-refractivity contribution in [2.75, 3.05) is 0 Å². The Bertz CT molecular complexity index is 493. The van der Waals surface area contributed by atoms with Gasteiger partial charge >= 0.3 is 6.09 Å². The van der Waals surface area contributed by atoms with Crippen molar-refractivity contribution in [3.05, 3.63) is 36.2 Å². The molecule has 0 atom stereocenters. The number of carbonyl (C=O) groups is 1. The summed E-state index contributed by atoms with van der Waals surface area (Å²) in [6.45, 7) is 0.241. The molecule has 1 heterocycles. The fourth-order valence-electron chi connectivity index (χ4n) is 1.37. The van der Waals surface area contributed by atoms with E-state index in [1.807, 2.05) is 18.2 Å². The van der Waals surface area contributed by atoms with Crippen LogP contribution in [0.25, 0.3) is 11.0 Å². The zero-order valence-corrected chi connectivity index (χ0v) is 7.84. The molecule has 0 aliphatic carbocycles. The number of amides is 1. The first-order valence-electron chi connectivity index (χ1n) is 4.43. The van der Waals surface area contributed by atoms with Crippen molar-refractivity contribution < 1.29 is 9.90 Å². The first-order chi connectivity index (χ1) is 7.27. The topological polar surface area (TPSA) is 75.1 Å². The van der Waals surface area contributed by atoms with Crippen LogP contribution in [-0.4, -0.2) is 21.2 Å². The number of rotatable bonds is 2. The van der Waals surface area contributed by atoms with E-state index < -0.39 is 6.09 Å².